The number of aliphatic hydroxyl groups is 1. The normalized spacial score (nSPS) is 10.4. The molecule has 3 N–H and O–H groups in total. The molecular formula is C19H19ClF2N4O4. The summed E-state index contributed by atoms with van der Waals surface area (Å²) in [6.45, 7) is 0.754. The highest BCUT2D eigenvalue weighted by atomic mass is 35.5. The van der Waals surface area contributed by atoms with Crippen molar-refractivity contribution in [1.29, 1.82) is 0 Å². The largest absolute Gasteiger partial charge is 0.513 e. The molecule has 3 rings (SSSR count). The number of carbonyl (C=O) groups is 1. The van der Waals surface area contributed by atoms with E-state index in [1.807, 2.05) is 6.07 Å². The number of benzene rings is 1. The van der Waals surface area contributed by atoms with Crippen molar-refractivity contribution in [3.63, 3.8) is 0 Å². The average molecular weight is 441 g/mol. The molecule has 0 aliphatic carbocycles. The zero-order valence-corrected chi connectivity index (χ0v) is 16.4. The molecule has 0 bridgehead atoms. The molecule has 0 saturated heterocycles. The van der Waals surface area contributed by atoms with Crippen LogP contribution in [-0.4, -0.2) is 42.8 Å². The lowest BCUT2D eigenvalue weighted by atomic mass is 10.1. The molecule has 8 nitrogen and oxygen atoms in total. The number of nitrogens with one attached hydrogen (secondary N) is 1. The van der Waals surface area contributed by atoms with Gasteiger partial charge in [0, 0.05) is 29.4 Å². The van der Waals surface area contributed by atoms with Crippen molar-refractivity contribution in [3.8, 4) is 16.9 Å². The SMILES string of the molecule is C=C(O)CCC(=O)O.FC(F)Oc1cc(Cl)cc(-c2cnn(Cc3ccn[nH]3)c2)c1. The lowest BCUT2D eigenvalue weighted by molar-refractivity contribution is -0.137. The second-order valence-electron chi connectivity index (χ2n) is 6.02. The van der Waals surface area contributed by atoms with Crippen molar-refractivity contribution >= 4 is 17.6 Å². The van der Waals surface area contributed by atoms with Gasteiger partial charge in [0.2, 0.25) is 0 Å². The Balaban J connectivity index is 0.000000343. The third kappa shape index (κ3) is 7.92. The zero-order chi connectivity index (χ0) is 22.1. The number of hydrogen-bond acceptors (Lipinski definition) is 5. The van der Waals surface area contributed by atoms with Crippen molar-refractivity contribution in [2.24, 2.45) is 0 Å². The zero-order valence-electron chi connectivity index (χ0n) is 15.6. The van der Waals surface area contributed by atoms with E-state index in [0.717, 1.165) is 11.3 Å². The van der Waals surface area contributed by atoms with Gasteiger partial charge in [-0.1, -0.05) is 18.2 Å². The standard InChI is InChI=1S/C14H11ClF2N4O.C5H8O3/c15-11-3-9(4-13(5-11)22-14(16)17)10-6-19-21(7-10)8-12-1-2-18-20-12;1-4(6)2-3-5(7)8/h1-7,14H,8H2,(H,18,20);6H,1-3H2,(H,7,8). The first-order valence-corrected chi connectivity index (χ1v) is 8.95. The second kappa shape index (κ2) is 11.0. The summed E-state index contributed by atoms with van der Waals surface area (Å²) in [6, 6.07) is 6.34. The number of aromatic nitrogens is 4. The van der Waals surface area contributed by atoms with Crippen LogP contribution in [0.5, 0.6) is 5.75 Å². The Labute approximate surface area is 175 Å². The topological polar surface area (TPSA) is 113 Å². The number of carboxylic acid groups (broad SMARTS) is 1. The van der Waals surface area contributed by atoms with Gasteiger partial charge in [-0.3, -0.25) is 14.6 Å². The summed E-state index contributed by atoms with van der Waals surface area (Å²) >= 11 is 5.94. The number of hydrogen-bond donors (Lipinski definition) is 3. The third-order valence-electron chi connectivity index (χ3n) is 3.58. The summed E-state index contributed by atoms with van der Waals surface area (Å²) in [5, 5.41) is 27.6. The van der Waals surface area contributed by atoms with Gasteiger partial charge in [0.15, 0.2) is 0 Å². The molecule has 0 saturated carbocycles. The molecule has 0 aliphatic heterocycles. The van der Waals surface area contributed by atoms with E-state index in [1.54, 1.807) is 29.3 Å². The van der Waals surface area contributed by atoms with E-state index in [2.05, 4.69) is 26.6 Å². The van der Waals surface area contributed by atoms with Crippen LogP contribution in [0.3, 0.4) is 0 Å². The maximum absolute atomic E-state index is 12.3. The molecule has 0 fully saturated rings. The fourth-order valence-electron chi connectivity index (χ4n) is 2.30. The minimum absolute atomic E-state index is 0.0128. The monoisotopic (exact) mass is 440 g/mol. The van der Waals surface area contributed by atoms with Crippen LogP contribution in [0.2, 0.25) is 5.02 Å². The fourth-order valence-corrected chi connectivity index (χ4v) is 2.52. The summed E-state index contributed by atoms with van der Waals surface area (Å²) in [4.78, 5) is 9.75. The molecule has 0 unspecified atom stereocenters. The Kier molecular flexibility index (Phi) is 8.36. The molecule has 0 aliphatic rings. The Morgan fingerprint density at radius 1 is 1.27 bits per heavy atom. The van der Waals surface area contributed by atoms with Gasteiger partial charge < -0.3 is 14.9 Å². The lowest BCUT2D eigenvalue weighted by Gasteiger charge is -2.07. The van der Waals surface area contributed by atoms with E-state index in [0.29, 0.717) is 17.1 Å². The lowest BCUT2D eigenvalue weighted by Crippen LogP contribution is -2.01. The Bertz CT molecular complexity index is 963. The van der Waals surface area contributed by atoms with Crippen LogP contribution in [0, 0.1) is 0 Å². The number of halogens is 3. The van der Waals surface area contributed by atoms with Crippen LogP contribution in [0.1, 0.15) is 18.5 Å². The van der Waals surface area contributed by atoms with E-state index >= 15 is 0 Å². The van der Waals surface area contributed by atoms with Gasteiger partial charge in [-0.2, -0.15) is 19.0 Å². The van der Waals surface area contributed by atoms with E-state index in [4.69, 9.17) is 21.8 Å². The number of aliphatic carboxylic acids is 1. The number of ether oxygens (including phenoxy) is 1. The van der Waals surface area contributed by atoms with Gasteiger partial charge in [-0.25, -0.2) is 0 Å². The molecule has 2 heterocycles. The predicted octanol–water partition coefficient (Wildman–Crippen LogP) is 4.50. The molecule has 0 atom stereocenters. The number of rotatable bonds is 8. The molecule has 2 aromatic heterocycles. The van der Waals surface area contributed by atoms with Gasteiger partial charge >= 0.3 is 12.6 Å². The first-order chi connectivity index (χ1) is 14.2. The summed E-state index contributed by atoms with van der Waals surface area (Å²) in [6.07, 6.45) is 5.18. The minimum atomic E-state index is -2.89. The molecule has 0 amide bonds. The summed E-state index contributed by atoms with van der Waals surface area (Å²) in [5.41, 5.74) is 2.31. The highest BCUT2D eigenvalue weighted by molar-refractivity contribution is 6.31. The van der Waals surface area contributed by atoms with Gasteiger partial charge in [0.1, 0.15) is 5.75 Å². The number of H-pyrrole nitrogens is 1. The van der Waals surface area contributed by atoms with Crippen LogP contribution >= 0.6 is 11.6 Å². The second-order valence-corrected chi connectivity index (χ2v) is 6.46. The number of aliphatic hydroxyl groups excluding tert-OH is 1. The van der Waals surface area contributed by atoms with Crippen LogP contribution in [-0.2, 0) is 11.3 Å². The molecule has 3 aromatic rings. The first kappa shape index (κ1) is 22.9. The van der Waals surface area contributed by atoms with E-state index < -0.39 is 12.6 Å². The summed E-state index contributed by atoms with van der Waals surface area (Å²) in [7, 11) is 0. The Hall–Kier alpha value is -3.40. The maximum Gasteiger partial charge on any atom is 0.387 e. The number of allylic oxidation sites excluding steroid dienone is 1. The van der Waals surface area contributed by atoms with E-state index in [1.165, 1.54) is 12.1 Å². The number of aromatic amines is 1. The van der Waals surface area contributed by atoms with Crippen molar-refractivity contribution in [2.45, 2.75) is 26.0 Å². The molecule has 30 heavy (non-hydrogen) atoms. The van der Waals surface area contributed by atoms with Gasteiger partial charge in [0.05, 0.1) is 30.6 Å². The highest BCUT2D eigenvalue weighted by Crippen LogP contribution is 2.29. The van der Waals surface area contributed by atoms with E-state index in [9.17, 15) is 13.6 Å². The number of nitrogens with zero attached hydrogens (tertiary/aromatic N) is 3. The van der Waals surface area contributed by atoms with Crippen LogP contribution in [0.4, 0.5) is 8.78 Å². The van der Waals surface area contributed by atoms with Crippen molar-refractivity contribution in [1.82, 2.24) is 20.0 Å². The molecule has 1 aromatic carbocycles. The molecule has 0 spiro atoms. The quantitative estimate of drug-likeness (QED) is 0.444. The smallest absolute Gasteiger partial charge is 0.387 e. The Morgan fingerprint density at radius 2 is 2.03 bits per heavy atom. The predicted molar refractivity (Wildman–Crippen MR) is 106 cm³/mol. The highest BCUT2D eigenvalue weighted by Gasteiger charge is 2.10. The van der Waals surface area contributed by atoms with Gasteiger partial charge in [-0.05, 0) is 29.8 Å². The Morgan fingerprint density at radius 3 is 2.60 bits per heavy atom. The molecular weight excluding hydrogens is 422 g/mol. The molecule has 160 valence electrons. The fraction of sp³-hybridized carbons (Fsp3) is 0.211. The van der Waals surface area contributed by atoms with Crippen LogP contribution < -0.4 is 4.74 Å². The van der Waals surface area contributed by atoms with Crippen molar-refractivity contribution < 1.29 is 28.5 Å². The van der Waals surface area contributed by atoms with E-state index in [-0.39, 0.29) is 24.4 Å². The van der Waals surface area contributed by atoms with Crippen molar-refractivity contribution in [2.75, 3.05) is 0 Å². The maximum atomic E-state index is 12.3. The van der Waals surface area contributed by atoms with Gasteiger partial charge in [-0.15, -0.1) is 0 Å². The summed E-state index contributed by atoms with van der Waals surface area (Å²) in [5.74, 6) is -0.980. The van der Waals surface area contributed by atoms with Gasteiger partial charge in [0.25, 0.3) is 0 Å². The van der Waals surface area contributed by atoms with Crippen LogP contribution in [0.25, 0.3) is 11.1 Å². The van der Waals surface area contributed by atoms with Crippen molar-refractivity contribution in [3.05, 3.63) is 65.9 Å². The first-order valence-electron chi connectivity index (χ1n) is 8.58. The number of carboxylic acids is 1. The summed E-state index contributed by atoms with van der Waals surface area (Å²) < 4.78 is 30.7. The molecule has 11 heteroatoms. The number of alkyl halides is 2. The minimum Gasteiger partial charge on any atom is -0.513 e. The molecule has 0 radical (unpaired) electrons. The third-order valence-corrected chi connectivity index (χ3v) is 3.80. The van der Waals surface area contributed by atoms with Crippen LogP contribution in [0.15, 0.2) is 55.2 Å². The average Bonchev–Trinajstić information content (AvgIpc) is 3.32.